The number of benzene rings is 1. The van der Waals surface area contributed by atoms with Crippen molar-refractivity contribution in [1.82, 2.24) is 15.4 Å². The van der Waals surface area contributed by atoms with Crippen LogP contribution in [0, 0.1) is 11.2 Å². The van der Waals surface area contributed by atoms with Crippen molar-refractivity contribution >= 4 is 22.4 Å². The van der Waals surface area contributed by atoms with E-state index in [1.807, 2.05) is 0 Å². The molecule has 3 aromatic rings. The lowest BCUT2D eigenvalue weighted by molar-refractivity contribution is -0.131. The Balaban J connectivity index is 1.51. The lowest BCUT2D eigenvalue weighted by atomic mass is 9.75. The van der Waals surface area contributed by atoms with Crippen molar-refractivity contribution < 1.29 is 23.2 Å². The highest BCUT2D eigenvalue weighted by atomic mass is 32.1. The molecule has 164 valence electrons. The van der Waals surface area contributed by atoms with Crippen LogP contribution in [0.1, 0.15) is 23.6 Å². The molecule has 0 unspecified atom stereocenters. The largest absolute Gasteiger partial charge is 0.384 e. The Morgan fingerprint density at radius 2 is 2.10 bits per heavy atom. The summed E-state index contributed by atoms with van der Waals surface area (Å²) in [6.45, 7) is 1.48. The molecular weight excluding hydrogens is 423 g/mol. The Morgan fingerprint density at radius 3 is 2.87 bits per heavy atom. The number of halogens is 1. The van der Waals surface area contributed by atoms with E-state index in [2.05, 4.69) is 20.7 Å². The second-order valence-electron chi connectivity index (χ2n) is 7.43. The number of rotatable bonds is 8. The van der Waals surface area contributed by atoms with Crippen LogP contribution >= 0.6 is 11.3 Å². The summed E-state index contributed by atoms with van der Waals surface area (Å²) >= 11 is 1.33. The van der Waals surface area contributed by atoms with Gasteiger partial charge in [0.2, 0.25) is 11.0 Å². The Kier molecular flexibility index (Phi) is 6.69. The molecule has 10 heteroatoms. The predicted molar refractivity (Wildman–Crippen MR) is 112 cm³/mol. The Bertz CT molecular complexity index is 1030. The van der Waals surface area contributed by atoms with Gasteiger partial charge < -0.3 is 19.3 Å². The Hall–Kier alpha value is -2.69. The normalized spacial score (nSPS) is 15.7. The first-order valence-corrected chi connectivity index (χ1v) is 10.8. The van der Waals surface area contributed by atoms with Gasteiger partial charge >= 0.3 is 0 Å². The van der Waals surface area contributed by atoms with Crippen LogP contribution in [0.25, 0.3) is 11.3 Å². The minimum Gasteiger partial charge on any atom is -0.384 e. The van der Waals surface area contributed by atoms with Crippen LogP contribution in [-0.4, -0.2) is 48.2 Å². The first-order chi connectivity index (χ1) is 15.1. The van der Waals surface area contributed by atoms with Crippen LogP contribution in [0.5, 0.6) is 0 Å². The topological polar surface area (TPSA) is 99.4 Å². The molecule has 2 aromatic heterocycles. The van der Waals surface area contributed by atoms with Gasteiger partial charge in [-0.05, 0) is 25.0 Å². The van der Waals surface area contributed by atoms with E-state index in [0.717, 1.165) is 5.01 Å². The van der Waals surface area contributed by atoms with Gasteiger partial charge in [-0.3, -0.25) is 4.79 Å². The molecule has 4 rings (SSSR count). The monoisotopic (exact) mass is 446 g/mol. The van der Waals surface area contributed by atoms with E-state index in [1.165, 1.54) is 17.4 Å². The number of carbonyl (C=O) groups excluding carboxylic acids is 1. The molecule has 0 radical (unpaired) electrons. The number of ether oxygens (including phenoxy) is 2. The second kappa shape index (κ2) is 9.63. The number of amides is 1. The number of carbonyl (C=O) groups is 1. The third-order valence-corrected chi connectivity index (χ3v) is 6.26. The molecular formula is C21H23FN4O4S. The maximum absolute atomic E-state index is 14.1. The van der Waals surface area contributed by atoms with Gasteiger partial charge in [-0.25, -0.2) is 4.39 Å². The first kappa shape index (κ1) is 21.5. The third kappa shape index (κ3) is 4.97. The summed E-state index contributed by atoms with van der Waals surface area (Å²) in [7, 11) is 1.62. The number of nitrogens with zero attached hydrogens (tertiary/aromatic N) is 3. The molecule has 1 amide bonds. The van der Waals surface area contributed by atoms with Gasteiger partial charge in [0.05, 0.1) is 12.0 Å². The number of hydrogen-bond acceptors (Lipinski definition) is 8. The smallest absolute Gasteiger partial charge is 0.233 e. The van der Waals surface area contributed by atoms with E-state index in [-0.39, 0.29) is 11.7 Å². The summed E-state index contributed by atoms with van der Waals surface area (Å²) in [5.74, 6) is -0.0103. The highest BCUT2D eigenvalue weighted by Gasteiger charge is 2.41. The van der Waals surface area contributed by atoms with Crippen LogP contribution in [0.4, 0.5) is 9.52 Å². The SMILES string of the molecule is COCCc1nnc(NC(=O)C2(Cc3cc(-c4ccccc4F)no3)CCOCC2)s1. The summed E-state index contributed by atoms with van der Waals surface area (Å²) in [6, 6.07) is 8.07. The van der Waals surface area contributed by atoms with E-state index < -0.39 is 5.41 Å². The number of nitrogens with one attached hydrogen (secondary N) is 1. The summed E-state index contributed by atoms with van der Waals surface area (Å²) in [6.07, 6.45) is 2.03. The van der Waals surface area contributed by atoms with E-state index in [4.69, 9.17) is 14.0 Å². The van der Waals surface area contributed by atoms with E-state index in [1.54, 1.807) is 31.4 Å². The summed E-state index contributed by atoms with van der Waals surface area (Å²) in [5, 5.41) is 16.3. The maximum Gasteiger partial charge on any atom is 0.233 e. The van der Waals surface area contributed by atoms with Crippen molar-refractivity contribution in [2.45, 2.75) is 25.7 Å². The highest BCUT2D eigenvalue weighted by Crippen LogP contribution is 2.37. The van der Waals surface area contributed by atoms with Gasteiger partial charge in [-0.1, -0.05) is 28.6 Å². The zero-order valence-corrected chi connectivity index (χ0v) is 17.9. The minimum atomic E-state index is -0.733. The molecule has 1 aliphatic rings. The quantitative estimate of drug-likeness (QED) is 0.565. The number of hydrogen-bond donors (Lipinski definition) is 1. The Morgan fingerprint density at radius 1 is 1.29 bits per heavy atom. The van der Waals surface area contributed by atoms with Crippen molar-refractivity contribution in [3.05, 3.63) is 46.9 Å². The molecule has 1 fully saturated rings. The van der Waals surface area contributed by atoms with Crippen LogP contribution < -0.4 is 5.32 Å². The van der Waals surface area contributed by atoms with E-state index >= 15 is 0 Å². The fraction of sp³-hybridized carbons (Fsp3) is 0.429. The second-order valence-corrected chi connectivity index (χ2v) is 8.49. The van der Waals surface area contributed by atoms with Crippen molar-refractivity contribution in [1.29, 1.82) is 0 Å². The molecule has 3 heterocycles. The van der Waals surface area contributed by atoms with Crippen LogP contribution in [0.3, 0.4) is 0 Å². The Labute approximate surface area is 182 Å². The van der Waals surface area contributed by atoms with Crippen molar-refractivity contribution in [2.24, 2.45) is 5.41 Å². The van der Waals surface area contributed by atoms with Crippen LogP contribution in [0.15, 0.2) is 34.9 Å². The predicted octanol–water partition coefficient (Wildman–Crippen LogP) is 3.50. The zero-order valence-electron chi connectivity index (χ0n) is 17.1. The molecule has 1 N–H and O–H groups in total. The summed E-state index contributed by atoms with van der Waals surface area (Å²) < 4.78 is 30.1. The van der Waals surface area contributed by atoms with Gasteiger partial charge in [-0.2, -0.15) is 0 Å². The lowest BCUT2D eigenvalue weighted by Gasteiger charge is -2.34. The molecule has 1 saturated heterocycles. The molecule has 1 aliphatic heterocycles. The standard InChI is InChI=1S/C21H23FN4O4S/c1-28-9-6-18-24-25-20(31-18)23-19(27)21(7-10-29-11-8-21)13-14-12-17(26-30-14)15-4-2-3-5-16(15)22/h2-5,12H,6-11,13H2,1H3,(H,23,25,27). The molecule has 0 saturated carbocycles. The fourth-order valence-electron chi connectivity index (χ4n) is 3.60. The first-order valence-electron chi connectivity index (χ1n) is 10.0. The molecule has 8 nitrogen and oxygen atoms in total. The maximum atomic E-state index is 14.1. The molecule has 0 bridgehead atoms. The number of methoxy groups -OCH3 is 1. The summed E-state index contributed by atoms with van der Waals surface area (Å²) in [5.41, 5.74) is 0.0332. The van der Waals surface area contributed by atoms with Gasteiger partial charge in [0, 0.05) is 44.8 Å². The average Bonchev–Trinajstić information content (AvgIpc) is 3.42. The van der Waals surface area contributed by atoms with Crippen LogP contribution in [-0.2, 0) is 27.1 Å². The van der Waals surface area contributed by atoms with Crippen molar-refractivity contribution in [3.63, 3.8) is 0 Å². The average molecular weight is 447 g/mol. The summed E-state index contributed by atoms with van der Waals surface area (Å²) in [4.78, 5) is 13.3. The molecule has 1 aromatic carbocycles. The number of aromatic nitrogens is 3. The van der Waals surface area contributed by atoms with Gasteiger partial charge in [0.1, 0.15) is 22.3 Å². The van der Waals surface area contributed by atoms with Crippen molar-refractivity contribution in [2.75, 3.05) is 32.2 Å². The fourth-order valence-corrected chi connectivity index (χ4v) is 4.31. The molecule has 0 spiro atoms. The third-order valence-electron chi connectivity index (χ3n) is 5.36. The van der Waals surface area contributed by atoms with Gasteiger partial charge in [0.25, 0.3) is 0 Å². The van der Waals surface area contributed by atoms with Crippen molar-refractivity contribution in [3.8, 4) is 11.3 Å². The van der Waals surface area contributed by atoms with E-state index in [0.29, 0.717) is 67.7 Å². The lowest BCUT2D eigenvalue weighted by Crippen LogP contribution is -2.42. The number of anilines is 1. The molecule has 0 atom stereocenters. The molecule has 31 heavy (non-hydrogen) atoms. The zero-order chi connectivity index (χ0) is 21.7. The van der Waals surface area contributed by atoms with Gasteiger partial charge in [0.15, 0.2) is 0 Å². The molecule has 0 aliphatic carbocycles. The highest BCUT2D eigenvalue weighted by molar-refractivity contribution is 7.15. The minimum absolute atomic E-state index is 0.158. The van der Waals surface area contributed by atoms with E-state index in [9.17, 15) is 9.18 Å². The van der Waals surface area contributed by atoms with Crippen LogP contribution in [0.2, 0.25) is 0 Å². The van der Waals surface area contributed by atoms with Gasteiger partial charge in [-0.15, -0.1) is 10.2 Å².